The van der Waals surface area contributed by atoms with Crippen LogP contribution in [0.4, 0.5) is 0 Å². The highest BCUT2D eigenvalue weighted by molar-refractivity contribution is 5.88. The topological polar surface area (TPSA) is 61.7 Å². The third kappa shape index (κ3) is 3.92. The average molecular weight is 261 g/mol. The van der Waals surface area contributed by atoms with Crippen LogP contribution in [0.5, 0.6) is 5.75 Å². The fourth-order valence-electron chi connectivity index (χ4n) is 1.91. The molecule has 0 aromatic heterocycles. The lowest BCUT2D eigenvalue weighted by molar-refractivity contribution is 0.106. The van der Waals surface area contributed by atoms with E-state index >= 15 is 0 Å². The van der Waals surface area contributed by atoms with Gasteiger partial charge < -0.3 is 20.3 Å². The van der Waals surface area contributed by atoms with Gasteiger partial charge in [0, 0.05) is 18.5 Å². The second-order valence-corrected chi connectivity index (χ2v) is 4.37. The summed E-state index contributed by atoms with van der Waals surface area (Å²) < 4.78 is 5.66. The smallest absolute Gasteiger partial charge is 0.127 e. The molecule has 0 aliphatic rings. The van der Waals surface area contributed by atoms with Gasteiger partial charge in [-0.1, -0.05) is 36.4 Å². The number of aliphatic hydroxyl groups is 2. The first kappa shape index (κ1) is 13.8. The molecule has 2 aromatic rings. The van der Waals surface area contributed by atoms with E-state index in [4.69, 9.17) is 9.84 Å². The number of hydrogen-bond acceptors (Lipinski definition) is 4. The number of aliphatic hydroxyl groups excluding tert-OH is 2. The van der Waals surface area contributed by atoms with E-state index in [1.54, 1.807) is 0 Å². The van der Waals surface area contributed by atoms with Gasteiger partial charge in [0.2, 0.25) is 0 Å². The Labute approximate surface area is 112 Å². The number of nitrogens with one attached hydrogen (secondary N) is 1. The zero-order valence-electron chi connectivity index (χ0n) is 10.7. The zero-order valence-corrected chi connectivity index (χ0v) is 10.7. The summed E-state index contributed by atoms with van der Waals surface area (Å²) in [6.07, 6.45) is -0.592. The summed E-state index contributed by atoms with van der Waals surface area (Å²) in [5.74, 6) is 0.777. The Hall–Kier alpha value is -1.62. The summed E-state index contributed by atoms with van der Waals surface area (Å²) in [5, 5.41) is 23.5. The van der Waals surface area contributed by atoms with Crippen LogP contribution < -0.4 is 10.1 Å². The van der Waals surface area contributed by atoms with E-state index in [1.165, 1.54) is 0 Å². The highest BCUT2D eigenvalue weighted by atomic mass is 16.5. The van der Waals surface area contributed by atoms with E-state index in [2.05, 4.69) is 5.32 Å². The second-order valence-electron chi connectivity index (χ2n) is 4.37. The Balaban J connectivity index is 1.94. The van der Waals surface area contributed by atoms with Gasteiger partial charge in [0.25, 0.3) is 0 Å². The van der Waals surface area contributed by atoms with Crippen molar-refractivity contribution in [1.82, 2.24) is 5.32 Å². The zero-order chi connectivity index (χ0) is 13.5. The van der Waals surface area contributed by atoms with Crippen molar-refractivity contribution in [3.8, 4) is 5.75 Å². The Kier molecular flexibility index (Phi) is 5.15. The molecule has 4 nitrogen and oxygen atoms in total. The quantitative estimate of drug-likeness (QED) is 0.655. The van der Waals surface area contributed by atoms with E-state index in [9.17, 15) is 5.11 Å². The Morgan fingerprint density at radius 2 is 1.89 bits per heavy atom. The molecule has 0 fully saturated rings. The van der Waals surface area contributed by atoms with Gasteiger partial charge in [-0.15, -0.1) is 0 Å². The molecule has 0 unspecified atom stereocenters. The first-order valence-electron chi connectivity index (χ1n) is 6.41. The first-order chi connectivity index (χ1) is 9.31. The summed E-state index contributed by atoms with van der Waals surface area (Å²) in [5.41, 5.74) is 0. The van der Waals surface area contributed by atoms with E-state index in [0.29, 0.717) is 13.1 Å². The summed E-state index contributed by atoms with van der Waals surface area (Å²) in [7, 11) is 0. The molecule has 102 valence electrons. The van der Waals surface area contributed by atoms with Gasteiger partial charge in [0.1, 0.15) is 18.5 Å². The molecule has 0 bridgehead atoms. The van der Waals surface area contributed by atoms with Crippen molar-refractivity contribution in [2.75, 3.05) is 26.3 Å². The van der Waals surface area contributed by atoms with Gasteiger partial charge >= 0.3 is 0 Å². The van der Waals surface area contributed by atoms with Crippen LogP contribution in [0.1, 0.15) is 0 Å². The van der Waals surface area contributed by atoms with Crippen LogP contribution in [-0.2, 0) is 0 Å². The predicted molar refractivity (Wildman–Crippen MR) is 75.4 cm³/mol. The minimum atomic E-state index is -0.592. The molecule has 19 heavy (non-hydrogen) atoms. The molecule has 0 spiro atoms. The molecule has 2 rings (SSSR count). The first-order valence-corrected chi connectivity index (χ1v) is 6.41. The number of fused-ring (bicyclic) bond motifs is 1. The maximum Gasteiger partial charge on any atom is 0.127 e. The van der Waals surface area contributed by atoms with Crippen LogP contribution >= 0.6 is 0 Å². The van der Waals surface area contributed by atoms with Crippen molar-refractivity contribution in [2.24, 2.45) is 0 Å². The van der Waals surface area contributed by atoms with Crippen LogP contribution in [0.3, 0.4) is 0 Å². The third-order valence-electron chi connectivity index (χ3n) is 2.85. The monoisotopic (exact) mass is 261 g/mol. The van der Waals surface area contributed by atoms with Crippen molar-refractivity contribution in [3.05, 3.63) is 42.5 Å². The summed E-state index contributed by atoms with van der Waals surface area (Å²) in [4.78, 5) is 0. The molecule has 0 heterocycles. The Morgan fingerprint density at radius 1 is 1.11 bits per heavy atom. The molecule has 0 amide bonds. The van der Waals surface area contributed by atoms with Gasteiger partial charge in [-0.2, -0.15) is 0 Å². The van der Waals surface area contributed by atoms with Crippen LogP contribution in [0, 0.1) is 0 Å². The minimum Gasteiger partial charge on any atom is -0.490 e. The van der Waals surface area contributed by atoms with E-state index in [0.717, 1.165) is 16.5 Å². The number of ether oxygens (including phenoxy) is 1. The number of hydrogen-bond donors (Lipinski definition) is 3. The molecular formula is C15H19NO3. The fourth-order valence-corrected chi connectivity index (χ4v) is 1.91. The van der Waals surface area contributed by atoms with Crippen LogP contribution in [0.15, 0.2) is 42.5 Å². The second kappa shape index (κ2) is 7.09. The lowest BCUT2D eigenvalue weighted by Crippen LogP contribution is -2.32. The van der Waals surface area contributed by atoms with Crippen LogP contribution in [0.2, 0.25) is 0 Å². The molecule has 0 aliphatic heterocycles. The maximum absolute atomic E-state index is 9.74. The van der Waals surface area contributed by atoms with Crippen molar-refractivity contribution in [1.29, 1.82) is 0 Å². The Bertz CT molecular complexity index is 510. The standard InChI is InChI=1S/C15H19NO3/c17-9-8-16-10-13(18)11-19-15-7-3-5-12-4-1-2-6-14(12)15/h1-7,13,16-18H,8-11H2/t13-/m0/s1. The van der Waals surface area contributed by atoms with E-state index in [1.807, 2.05) is 42.5 Å². The number of rotatable bonds is 7. The number of benzene rings is 2. The largest absolute Gasteiger partial charge is 0.490 e. The van der Waals surface area contributed by atoms with E-state index in [-0.39, 0.29) is 13.2 Å². The van der Waals surface area contributed by atoms with Crippen molar-refractivity contribution >= 4 is 10.8 Å². The van der Waals surface area contributed by atoms with Crippen LogP contribution in [0.25, 0.3) is 10.8 Å². The average Bonchev–Trinajstić information content (AvgIpc) is 2.45. The normalized spacial score (nSPS) is 12.5. The highest BCUT2D eigenvalue weighted by Crippen LogP contribution is 2.25. The third-order valence-corrected chi connectivity index (χ3v) is 2.85. The molecular weight excluding hydrogens is 242 g/mol. The Morgan fingerprint density at radius 3 is 2.74 bits per heavy atom. The summed E-state index contributed by atoms with van der Waals surface area (Å²) >= 11 is 0. The molecule has 3 N–H and O–H groups in total. The van der Waals surface area contributed by atoms with Gasteiger partial charge in [0.05, 0.1) is 6.61 Å². The van der Waals surface area contributed by atoms with Gasteiger partial charge in [-0.05, 0) is 11.5 Å². The molecule has 0 saturated carbocycles. The van der Waals surface area contributed by atoms with Crippen molar-refractivity contribution < 1.29 is 14.9 Å². The van der Waals surface area contributed by atoms with E-state index < -0.39 is 6.10 Å². The summed E-state index contributed by atoms with van der Waals surface area (Å²) in [6.45, 7) is 1.18. The summed E-state index contributed by atoms with van der Waals surface area (Å²) in [6, 6.07) is 13.8. The highest BCUT2D eigenvalue weighted by Gasteiger charge is 2.06. The molecule has 0 saturated heterocycles. The van der Waals surface area contributed by atoms with Crippen molar-refractivity contribution in [2.45, 2.75) is 6.10 Å². The molecule has 2 aromatic carbocycles. The van der Waals surface area contributed by atoms with Gasteiger partial charge in [-0.3, -0.25) is 0 Å². The minimum absolute atomic E-state index is 0.0664. The predicted octanol–water partition coefficient (Wildman–Crippen LogP) is 1.16. The lowest BCUT2D eigenvalue weighted by Gasteiger charge is -2.14. The van der Waals surface area contributed by atoms with Gasteiger partial charge in [-0.25, -0.2) is 0 Å². The lowest BCUT2D eigenvalue weighted by atomic mass is 10.1. The maximum atomic E-state index is 9.74. The van der Waals surface area contributed by atoms with Gasteiger partial charge in [0.15, 0.2) is 0 Å². The molecule has 0 radical (unpaired) electrons. The fraction of sp³-hybridized carbons (Fsp3) is 0.333. The molecule has 4 heteroatoms. The molecule has 1 atom stereocenters. The van der Waals surface area contributed by atoms with Crippen molar-refractivity contribution in [3.63, 3.8) is 0 Å². The molecule has 0 aliphatic carbocycles. The SMILES string of the molecule is OCCNC[C@H](O)COc1cccc2ccccc12. The van der Waals surface area contributed by atoms with Crippen LogP contribution in [-0.4, -0.2) is 42.6 Å².